The molecule has 1 fully saturated rings. The van der Waals surface area contributed by atoms with E-state index >= 15 is 0 Å². The van der Waals surface area contributed by atoms with Crippen molar-refractivity contribution in [1.82, 2.24) is 15.1 Å². The van der Waals surface area contributed by atoms with Crippen LogP contribution in [-0.2, 0) is 4.79 Å². The topological polar surface area (TPSA) is 55.8 Å². The molecule has 0 aromatic heterocycles. The van der Waals surface area contributed by atoms with Gasteiger partial charge in [-0.1, -0.05) is 6.92 Å². The molecule has 118 valence electrons. The van der Waals surface area contributed by atoms with E-state index < -0.39 is 11.5 Å². The van der Waals surface area contributed by atoms with Crippen LogP contribution in [0, 0.1) is 0 Å². The minimum absolute atomic E-state index is 0.282. The van der Waals surface area contributed by atoms with Crippen LogP contribution in [0.4, 0.5) is 0 Å². The van der Waals surface area contributed by atoms with E-state index in [1.165, 1.54) is 0 Å². The van der Waals surface area contributed by atoms with Crippen LogP contribution >= 0.6 is 0 Å². The van der Waals surface area contributed by atoms with Crippen LogP contribution in [0.25, 0.3) is 0 Å². The number of carboxylic acid groups (broad SMARTS) is 1. The number of hydrogen-bond acceptors (Lipinski definition) is 4. The maximum Gasteiger partial charge on any atom is 0.323 e. The Labute approximate surface area is 123 Å². The first-order valence-electron chi connectivity index (χ1n) is 7.76. The van der Waals surface area contributed by atoms with E-state index in [-0.39, 0.29) is 6.04 Å². The van der Waals surface area contributed by atoms with Crippen LogP contribution in [0.5, 0.6) is 0 Å². The van der Waals surface area contributed by atoms with Gasteiger partial charge in [0.15, 0.2) is 0 Å². The molecule has 0 aromatic rings. The van der Waals surface area contributed by atoms with Crippen molar-refractivity contribution >= 4 is 5.97 Å². The highest BCUT2D eigenvalue weighted by Gasteiger charge is 2.35. The molecule has 0 aliphatic carbocycles. The SMILES string of the molecule is CCNC(C)(CC(C)N1CCN(C(C)C)CC1)C(=O)O. The van der Waals surface area contributed by atoms with Gasteiger partial charge in [-0.25, -0.2) is 0 Å². The quantitative estimate of drug-likeness (QED) is 0.737. The maximum atomic E-state index is 11.5. The molecule has 1 rings (SSSR count). The highest BCUT2D eigenvalue weighted by atomic mass is 16.4. The summed E-state index contributed by atoms with van der Waals surface area (Å²) in [5.74, 6) is -0.757. The first-order valence-corrected chi connectivity index (χ1v) is 7.76. The van der Waals surface area contributed by atoms with E-state index in [2.05, 4.69) is 35.9 Å². The summed E-state index contributed by atoms with van der Waals surface area (Å²) in [5, 5.41) is 12.6. The van der Waals surface area contributed by atoms with E-state index in [9.17, 15) is 9.90 Å². The van der Waals surface area contributed by atoms with Crippen LogP contribution < -0.4 is 5.32 Å². The second-order valence-electron chi connectivity index (χ2n) is 6.39. The molecule has 2 atom stereocenters. The molecule has 0 radical (unpaired) electrons. The fourth-order valence-corrected chi connectivity index (χ4v) is 3.04. The first kappa shape index (κ1) is 17.4. The minimum Gasteiger partial charge on any atom is -0.480 e. The molecule has 5 heteroatoms. The van der Waals surface area contributed by atoms with E-state index in [1.54, 1.807) is 6.92 Å². The largest absolute Gasteiger partial charge is 0.480 e. The summed E-state index contributed by atoms with van der Waals surface area (Å²) in [6.07, 6.45) is 0.637. The molecule has 1 heterocycles. The summed E-state index contributed by atoms with van der Waals surface area (Å²) in [5.41, 5.74) is -0.830. The Kier molecular flexibility index (Phi) is 6.43. The molecule has 0 saturated carbocycles. The van der Waals surface area contributed by atoms with Crippen molar-refractivity contribution in [1.29, 1.82) is 0 Å². The number of piperazine rings is 1. The third-order valence-electron chi connectivity index (χ3n) is 4.45. The monoisotopic (exact) mass is 285 g/mol. The number of nitrogens with one attached hydrogen (secondary N) is 1. The van der Waals surface area contributed by atoms with Crippen molar-refractivity contribution in [3.05, 3.63) is 0 Å². The smallest absolute Gasteiger partial charge is 0.323 e. The lowest BCUT2D eigenvalue weighted by molar-refractivity contribution is -0.145. The second kappa shape index (κ2) is 7.38. The summed E-state index contributed by atoms with van der Waals surface area (Å²) in [6.45, 7) is 15.2. The molecule has 2 N–H and O–H groups in total. The Morgan fingerprint density at radius 1 is 1.20 bits per heavy atom. The van der Waals surface area contributed by atoms with E-state index in [1.807, 2.05) is 6.92 Å². The molecule has 2 unspecified atom stereocenters. The second-order valence-corrected chi connectivity index (χ2v) is 6.39. The number of hydrogen-bond donors (Lipinski definition) is 2. The highest BCUT2D eigenvalue weighted by molar-refractivity contribution is 5.78. The zero-order valence-corrected chi connectivity index (χ0v) is 13.6. The van der Waals surface area contributed by atoms with Gasteiger partial charge >= 0.3 is 5.97 Å². The number of carbonyl (C=O) groups is 1. The van der Waals surface area contributed by atoms with Gasteiger partial charge in [0.05, 0.1) is 0 Å². The Bertz CT molecular complexity index is 314. The molecule has 0 spiro atoms. The lowest BCUT2D eigenvalue weighted by Gasteiger charge is -2.41. The molecule has 5 nitrogen and oxygen atoms in total. The summed E-state index contributed by atoms with van der Waals surface area (Å²) in [6, 6.07) is 0.878. The Morgan fingerprint density at radius 3 is 2.10 bits per heavy atom. The zero-order valence-electron chi connectivity index (χ0n) is 13.6. The number of nitrogens with zero attached hydrogens (tertiary/aromatic N) is 2. The first-order chi connectivity index (χ1) is 9.30. The van der Waals surface area contributed by atoms with Gasteiger partial charge in [-0.2, -0.15) is 0 Å². The van der Waals surface area contributed by atoms with Gasteiger partial charge in [0.25, 0.3) is 0 Å². The molecular weight excluding hydrogens is 254 g/mol. The predicted octanol–water partition coefficient (Wildman–Crippen LogP) is 1.24. The van der Waals surface area contributed by atoms with E-state index in [4.69, 9.17) is 0 Å². The number of aliphatic carboxylic acids is 1. The standard InChI is InChI=1S/C15H31N3O2/c1-6-16-15(5,14(19)20)11-13(4)18-9-7-17(8-10-18)12(2)3/h12-13,16H,6-11H2,1-5H3,(H,19,20). The van der Waals surface area contributed by atoms with Crippen molar-refractivity contribution in [2.45, 2.75) is 58.7 Å². The normalized spacial score (nSPS) is 22.7. The van der Waals surface area contributed by atoms with Gasteiger partial charge in [0, 0.05) is 38.3 Å². The maximum absolute atomic E-state index is 11.5. The number of carboxylic acids is 1. The van der Waals surface area contributed by atoms with Crippen LogP contribution in [0.1, 0.15) is 41.0 Å². The van der Waals surface area contributed by atoms with Crippen LogP contribution in [-0.4, -0.2) is 71.2 Å². The third kappa shape index (κ3) is 4.43. The molecule has 0 bridgehead atoms. The fraction of sp³-hybridized carbons (Fsp3) is 0.933. The summed E-state index contributed by atoms with van der Waals surface area (Å²) < 4.78 is 0. The van der Waals surface area contributed by atoms with Crippen molar-refractivity contribution in [2.75, 3.05) is 32.7 Å². The fourth-order valence-electron chi connectivity index (χ4n) is 3.04. The van der Waals surface area contributed by atoms with E-state index in [0.717, 1.165) is 26.2 Å². The molecule has 0 aromatic carbocycles. The van der Waals surface area contributed by atoms with Crippen molar-refractivity contribution in [2.24, 2.45) is 0 Å². The molecule has 1 aliphatic rings. The van der Waals surface area contributed by atoms with Crippen molar-refractivity contribution < 1.29 is 9.90 Å². The summed E-state index contributed by atoms with van der Waals surface area (Å²) in [4.78, 5) is 16.4. The van der Waals surface area contributed by atoms with Crippen molar-refractivity contribution in [3.8, 4) is 0 Å². The highest BCUT2D eigenvalue weighted by Crippen LogP contribution is 2.19. The Morgan fingerprint density at radius 2 is 1.70 bits per heavy atom. The third-order valence-corrected chi connectivity index (χ3v) is 4.45. The van der Waals surface area contributed by atoms with Gasteiger partial charge in [-0.15, -0.1) is 0 Å². The Balaban J connectivity index is 2.54. The summed E-state index contributed by atoms with van der Waals surface area (Å²) in [7, 11) is 0. The lowest BCUT2D eigenvalue weighted by Crippen LogP contribution is -2.56. The molecule has 20 heavy (non-hydrogen) atoms. The van der Waals surface area contributed by atoms with Crippen LogP contribution in [0.2, 0.25) is 0 Å². The number of likely N-dealkylation sites (N-methyl/N-ethyl adjacent to an activating group) is 1. The van der Waals surface area contributed by atoms with Crippen LogP contribution in [0.15, 0.2) is 0 Å². The molecule has 1 saturated heterocycles. The molecule has 0 amide bonds. The molecule has 1 aliphatic heterocycles. The van der Waals surface area contributed by atoms with Gasteiger partial charge in [0.1, 0.15) is 5.54 Å². The average Bonchev–Trinajstić information content (AvgIpc) is 2.38. The van der Waals surface area contributed by atoms with Gasteiger partial charge < -0.3 is 10.4 Å². The summed E-state index contributed by atoms with van der Waals surface area (Å²) >= 11 is 0. The zero-order chi connectivity index (χ0) is 15.3. The lowest BCUT2D eigenvalue weighted by atomic mass is 9.92. The van der Waals surface area contributed by atoms with Gasteiger partial charge in [-0.05, 0) is 40.7 Å². The van der Waals surface area contributed by atoms with E-state index in [0.29, 0.717) is 19.0 Å². The van der Waals surface area contributed by atoms with Gasteiger partial charge in [-0.3, -0.25) is 14.6 Å². The van der Waals surface area contributed by atoms with Crippen molar-refractivity contribution in [3.63, 3.8) is 0 Å². The van der Waals surface area contributed by atoms with Gasteiger partial charge in [0.2, 0.25) is 0 Å². The van der Waals surface area contributed by atoms with Crippen LogP contribution in [0.3, 0.4) is 0 Å². The predicted molar refractivity (Wildman–Crippen MR) is 82.1 cm³/mol. The Hall–Kier alpha value is -0.650. The molecular formula is C15H31N3O2. The number of rotatable bonds is 7. The average molecular weight is 285 g/mol. The minimum atomic E-state index is -0.830.